The number of carbonyl (C=O) groups is 2. The zero-order chi connectivity index (χ0) is 11.5. The third-order valence-electron chi connectivity index (χ3n) is 2.17. The second kappa shape index (κ2) is 4.44. The molecule has 16 heavy (non-hydrogen) atoms. The van der Waals surface area contributed by atoms with Crippen molar-refractivity contribution < 1.29 is 9.59 Å². The number of halogens is 1. The molecular formula is C9H9ClN4O2. The van der Waals surface area contributed by atoms with E-state index in [2.05, 4.69) is 20.6 Å². The van der Waals surface area contributed by atoms with Crippen molar-refractivity contribution in [2.24, 2.45) is 0 Å². The fourth-order valence-corrected chi connectivity index (χ4v) is 1.54. The lowest BCUT2D eigenvalue weighted by molar-refractivity contribution is -0.122. The number of anilines is 1. The Morgan fingerprint density at radius 2 is 2.44 bits per heavy atom. The summed E-state index contributed by atoms with van der Waals surface area (Å²) in [5.41, 5.74) is 0. The first-order valence-corrected chi connectivity index (χ1v) is 5.12. The molecule has 2 N–H and O–H groups in total. The first kappa shape index (κ1) is 10.8. The monoisotopic (exact) mass is 240 g/mol. The zero-order valence-corrected chi connectivity index (χ0v) is 8.99. The lowest BCUT2D eigenvalue weighted by atomic mass is 10.2. The summed E-state index contributed by atoms with van der Waals surface area (Å²) in [6, 6.07) is 1.00. The molecule has 1 atom stereocenters. The summed E-state index contributed by atoms with van der Waals surface area (Å²) < 4.78 is 0. The van der Waals surface area contributed by atoms with Crippen LogP contribution in [-0.4, -0.2) is 27.8 Å². The molecule has 6 nitrogen and oxygen atoms in total. The normalized spacial score (nSPS) is 19.3. The Kier molecular flexibility index (Phi) is 3.00. The van der Waals surface area contributed by atoms with Crippen molar-refractivity contribution in [1.29, 1.82) is 0 Å². The quantitative estimate of drug-likeness (QED) is 0.731. The molecule has 0 aliphatic carbocycles. The highest BCUT2D eigenvalue weighted by atomic mass is 35.5. The summed E-state index contributed by atoms with van der Waals surface area (Å²) in [7, 11) is 0. The van der Waals surface area contributed by atoms with Gasteiger partial charge in [-0.2, -0.15) is 0 Å². The van der Waals surface area contributed by atoms with Gasteiger partial charge in [0.1, 0.15) is 11.2 Å². The van der Waals surface area contributed by atoms with Gasteiger partial charge in [0, 0.05) is 12.6 Å². The van der Waals surface area contributed by atoms with E-state index in [1.54, 1.807) is 0 Å². The number of nitrogens with zero attached hydrogens (tertiary/aromatic N) is 2. The predicted octanol–water partition coefficient (Wildman–Crippen LogP) is 0.347. The first-order valence-electron chi connectivity index (χ1n) is 4.74. The van der Waals surface area contributed by atoms with E-state index in [0.717, 1.165) is 0 Å². The molecule has 84 valence electrons. The molecule has 1 aromatic heterocycles. The SMILES string of the molecule is O=C1CCC(C(=O)Nc2nccc(Cl)n2)N1. The van der Waals surface area contributed by atoms with Crippen LogP contribution >= 0.6 is 11.6 Å². The second-order valence-electron chi connectivity index (χ2n) is 3.35. The topological polar surface area (TPSA) is 84.0 Å². The van der Waals surface area contributed by atoms with Crippen molar-refractivity contribution in [2.45, 2.75) is 18.9 Å². The summed E-state index contributed by atoms with van der Waals surface area (Å²) in [5, 5.41) is 5.28. The average molecular weight is 241 g/mol. The lowest BCUT2D eigenvalue weighted by Gasteiger charge is -2.09. The zero-order valence-electron chi connectivity index (χ0n) is 8.24. The molecule has 1 aromatic rings. The summed E-state index contributed by atoms with van der Waals surface area (Å²) >= 11 is 5.64. The maximum absolute atomic E-state index is 11.6. The predicted molar refractivity (Wildman–Crippen MR) is 56.8 cm³/mol. The van der Waals surface area contributed by atoms with Crippen LogP contribution in [0.3, 0.4) is 0 Å². The molecule has 2 heterocycles. The highest BCUT2D eigenvalue weighted by molar-refractivity contribution is 6.29. The van der Waals surface area contributed by atoms with E-state index in [4.69, 9.17) is 11.6 Å². The Labute approximate surface area is 96.4 Å². The van der Waals surface area contributed by atoms with Crippen LogP contribution in [0.25, 0.3) is 0 Å². The molecule has 2 amide bonds. The third-order valence-corrected chi connectivity index (χ3v) is 2.38. The number of nitrogens with one attached hydrogen (secondary N) is 2. The van der Waals surface area contributed by atoms with E-state index in [1.165, 1.54) is 12.3 Å². The molecule has 0 spiro atoms. The molecule has 1 unspecified atom stereocenters. The van der Waals surface area contributed by atoms with Crippen molar-refractivity contribution in [3.05, 3.63) is 17.4 Å². The summed E-state index contributed by atoms with van der Waals surface area (Å²) in [6.45, 7) is 0. The van der Waals surface area contributed by atoms with Gasteiger partial charge in [-0.15, -0.1) is 0 Å². The van der Waals surface area contributed by atoms with Crippen molar-refractivity contribution in [3.63, 3.8) is 0 Å². The highest BCUT2D eigenvalue weighted by Gasteiger charge is 2.27. The summed E-state index contributed by atoms with van der Waals surface area (Å²) in [5.74, 6) is -0.307. The molecule has 1 saturated heterocycles. The molecule has 7 heteroatoms. The van der Waals surface area contributed by atoms with Gasteiger partial charge in [-0.25, -0.2) is 9.97 Å². The minimum Gasteiger partial charge on any atom is -0.344 e. The minimum absolute atomic E-state index is 0.118. The Hall–Kier alpha value is -1.69. The van der Waals surface area contributed by atoms with Gasteiger partial charge in [-0.3, -0.25) is 14.9 Å². The van der Waals surface area contributed by atoms with Crippen LogP contribution in [0, 0.1) is 0 Å². The van der Waals surface area contributed by atoms with E-state index in [0.29, 0.717) is 12.8 Å². The maximum atomic E-state index is 11.6. The summed E-state index contributed by atoms with van der Waals surface area (Å²) in [4.78, 5) is 30.2. The van der Waals surface area contributed by atoms with Crippen LogP contribution in [0.4, 0.5) is 5.95 Å². The Morgan fingerprint density at radius 3 is 3.06 bits per heavy atom. The maximum Gasteiger partial charge on any atom is 0.249 e. The first-order chi connectivity index (χ1) is 7.65. The number of carbonyl (C=O) groups excluding carboxylic acids is 2. The van der Waals surface area contributed by atoms with E-state index in [1.807, 2.05) is 0 Å². The van der Waals surface area contributed by atoms with E-state index >= 15 is 0 Å². The smallest absolute Gasteiger partial charge is 0.249 e. The fourth-order valence-electron chi connectivity index (χ4n) is 1.40. The lowest BCUT2D eigenvalue weighted by Crippen LogP contribution is -2.37. The van der Waals surface area contributed by atoms with Gasteiger partial charge in [0.05, 0.1) is 0 Å². The van der Waals surface area contributed by atoms with Gasteiger partial charge < -0.3 is 5.32 Å². The number of hydrogen-bond acceptors (Lipinski definition) is 4. The van der Waals surface area contributed by atoms with Crippen molar-refractivity contribution in [2.75, 3.05) is 5.32 Å². The van der Waals surface area contributed by atoms with Crippen LogP contribution < -0.4 is 10.6 Å². The fraction of sp³-hybridized carbons (Fsp3) is 0.333. The Morgan fingerprint density at radius 1 is 1.62 bits per heavy atom. The molecule has 0 aromatic carbocycles. The van der Waals surface area contributed by atoms with Crippen LogP contribution in [-0.2, 0) is 9.59 Å². The Balaban J connectivity index is 1.99. The van der Waals surface area contributed by atoms with Gasteiger partial charge in [-0.1, -0.05) is 11.6 Å². The van der Waals surface area contributed by atoms with Crippen LogP contribution in [0.15, 0.2) is 12.3 Å². The minimum atomic E-state index is -0.505. The van der Waals surface area contributed by atoms with Crippen molar-refractivity contribution in [1.82, 2.24) is 15.3 Å². The van der Waals surface area contributed by atoms with E-state index in [-0.39, 0.29) is 22.9 Å². The summed E-state index contributed by atoms with van der Waals surface area (Å²) in [6.07, 6.45) is 2.30. The molecule has 1 aliphatic heterocycles. The third kappa shape index (κ3) is 2.46. The van der Waals surface area contributed by atoms with Crippen LogP contribution in [0.2, 0.25) is 5.15 Å². The van der Waals surface area contributed by atoms with Gasteiger partial charge in [0.25, 0.3) is 0 Å². The molecular weight excluding hydrogens is 232 g/mol. The highest BCUT2D eigenvalue weighted by Crippen LogP contribution is 2.10. The van der Waals surface area contributed by atoms with E-state index < -0.39 is 6.04 Å². The van der Waals surface area contributed by atoms with Crippen LogP contribution in [0.5, 0.6) is 0 Å². The number of rotatable bonds is 2. The van der Waals surface area contributed by atoms with E-state index in [9.17, 15) is 9.59 Å². The van der Waals surface area contributed by atoms with Crippen LogP contribution in [0.1, 0.15) is 12.8 Å². The van der Waals surface area contributed by atoms with Gasteiger partial charge >= 0.3 is 0 Å². The number of aromatic nitrogens is 2. The number of amides is 2. The molecule has 1 fully saturated rings. The second-order valence-corrected chi connectivity index (χ2v) is 3.74. The van der Waals surface area contributed by atoms with Crippen molar-refractivity contribution >= 4 is 29.4 Å². The molecule has 0 bridgehead atoms. The Bertz CT molecular complexity index is 437. The largest absolute Gasteiger partial charge is 0.344 e. The molecule has 0 saturated carbocycles. The van der Waals surface area contributed by atoms with Gasteiger partial charge in [0.15, 0.2) is 0 Å². The molecule has 1 aliphatic rings. The average Bonchev–Trinajstić information content (AvgIpc) is 2.65. The van der Waals surface area contributed by atoms with Gasteiger partial charge in [-0.05, 0) is 12.5 Å². The standard InChI is InChI=1S/C9H9ClN4O2/c10-6-3-4-11-9(13-6)14-8(16)5-1-2-7(15)12-5/h3-5H,1-2H2,(H,12,15)(H,11,13,14,16). The van der Waals surface area contributed by atoms with Gasteiger partial charge in [0.2, 0.25) is 17.8 Å². The van der Waals surface area contributed by atoms with Crippen molar-refractivity contribution in [3.8, 4) is 0 Å². The number of hydrogen-bond donors (Lipinski definition) is 2. The molecule has 0 radical (unpaired) electrons. The molecule has 2 rings (SSSR count).